The molecule has 0 bridgehead atoms. The van der Waals surface area contributed by atoms with Gasteiger partial charge in [-0.15, -0.1) is 0 Å². The molecule has 1 amide bonds. The van der Waals surface area contributed by atoms with Gasteiger partial charge in [-0.25, -0.2) is 0 Å². The normalized spacial score (nSPS) is 38.7. The van der Waals surface area contributed by atoms with Crippen molar-refractivity contribution in [3.63, 3.8) is 0 Å². The molecule has 0 aromatic carbocycles. The molecule has 0 aliphatic carbocycles. The minimum absolute atomic E-state index is 0.0521. The molecule has 3 atom stereocenters. The Bertz CT molecular complexity index is 257. The highest BCUT2D eigenvalue weighted by Gasteiger charge is 2.39. The first kappa shape index (κ1) is 10.9. The Morgan fingerprint density at radius 1 is 1.40 bits per heavy atom. The van der Waals surface area contributed by atoms with Gasteiger partial charge in [0.05, 0.1) is 13.2 Å². The predicted molar refractivity (Wildman–Crippen MR) is 57.6 cm³/mol. The summed E-state index contributed by atoms with van der Waals surface area (Å²) >= 11 is 0. The lowest BCUT2D eigenvalue weighted by molar-refractivity contribution is -0.140. The molecule has 0 radical (unpaired) electrons. The Kier molecular flexibility index (Phi) is 2.98. The quantitative estimate of drug-likeness (QED) is 0.574. The summed E-state index contributed by atoms with van der Waals surface area (Å²) in [6.07, 6.45) is 0. The van der Waals surface area contributed by atoms with Crippen LogP contribution < -0.4 is 0 Å². The average Bonchev–Trinajstić information content (AvgIpc) is 2.33. The lowest BCUT2D eigenvalue weighted by Gasteiger charge is -2.38. The van der Waals surface area contributed by atoms with Crippen molar-refractivity contribution in [2.45, 2.75) is 25.9 Å². The number of morpholine rings is 1. The van der Waals surface area contributed by atoms with E-state index in [1.807, 2.05) is 11.9 Å². The van der Waals surface area contributed by atoms with E-state index in [0.717, 1.165) is 19.7 Å². The van der Waals surface area contributed by atoms with Gasteiger partial charge in [-0.1, -0.05) is 6.92 Å². The van der Waals surface area contributed by atoms with Gasteiger partial charge in [-0.05, 0) is 12.8 Å². The van der Waals surface area contributed by atoms with Gasteiger partial charge >= 0.3 is 0 Å². The first-order valence-electron chi connectivity index (χ1n) is 5.69. The van der Waals surface area contributed by atoms with Crippen molar-refractivity contribution in [1.29, 1.82) is 0 Å². The summed E-state index contributed by atoms with van der Waals surface area (Å²) in [6, 6.07) is 0.413. The molecule has 2 heterocycles. The molecule has 2 fully saturated rings. The van der Waals surface area contributed by atoms with Crippen LogP contribution in [0.5, 0.6) is 0 Å². The number of rotatable bonds is 0. The minimum atomic E-state index is -0.0521. The molecule has 1 unspecified atom stereocenters. The zero-order chi connectivity index (χ0) is 11.0. The second-order valence-corrected chi connectivity index (χ2v) is 4.77. The van der Waals surface area contributed by atoms with Crippen LogP contribution in [-0.2, 0) is 9.53 Å². The van der Waals surface area contributed by atoms with E-state index in [0.29, 0.717) is 18.6 Å². The Morgan fingerprint density at radius 3 is 2.87 bits per heavy atom. The molecule has 4 heteroatoms. The Balaban J connectivity index is 2.23. The highest BCUT2D eigenvalue weighted by molar-refractivity contribution is 5.82. The molecule has 2 saturated heterocycles. The summed E-state index contributed by atoms with van der Waals surface area (Å²) in [4.78, 5) is 16.2. The Hall–Kier alpha value is -0.610. The fourth-order valence-electron chi connectivity index (χ4n) is 2.57. The number of carbonyl (C=O) groups is 1. The fraction of sp³-hybridized carbons (Fsp3) is 0.909. The number of likely N-dealkylation sites (N-methyl/N-ethyl adjacent to an activating group) is 1. The average molecular weight is 212 g/mol. The first-order valence-corrected chi connectivity index (χ1v) is 5.69. The molecule has 0 spiro atoms. The number of carbonyl (C=O) groups excluding carboxylic acids is 1. The number of nitrogens with zero attached hydrogens (tertiary/aromatic N) is 2. The van der Waals surface area contributed by atoms with Gasteiger partial charge < -0.3 is 9.64 Å². The molecule has 0 N–H and O–H groups in total. The van der Waals surface area contributed by atoms with Crippen molar-refractivity contribution in [3.05, 3.63) is 0 Å². The monoisotopic (exact) mass is 212 g/mol. The Labute approximate surface area is 91.2 Å². The van der Waals surface area contributed by atoms with Crippen LogP contribution in [0.4, 0.5) is 0 Å². The van der Waals surface area contributed by atoms with Gasteiger partial charge in [0.2, 0.25) is 5.91 Å². The molecule has 2 rings (SSSR count). The molecule has 2 aliphatic rings. The van der Waals surface area contributed by atoms with Gasteiger partial charge in [0.25, 0.3) is 0 Å². The van der Waals surface area contributed by atoms with Gasteiger partial charge in [0.1, 0.15) is 6.04 Å². The zero-order valence-electron chi connectivity index (χ0n) is 9.77. The van der Waals surface area contributed by atoms with E-state index >= 15 is 0 Å². The number of amides is 1. The van der Waals surface area contributed by atoms with Gasteiger partial charge in [-0.2, -0.15) is 0 Å². The van der Waals surface area contributed by atoms with Crippen LogP contribution in [0.25, 0.3) is 0 Å². The zero-order valence-corrected chi connectivity index (χ0v) is 9.77. The van der Waals surface area contributed by atoms with E-state index in [4.69, 9.17) is 4.74 Å². The Morgan fingerprint density at radius 2 is 2.13 bits per heavy atom. The van der Waals surface area contributed by atoms with Crippen molar-refractivity contribution < 1.29 is 9.53 Å². The topological polar surface area (TPSA) is 32.8 Å². The second-order valence-electron chi connectivity index (χ2n) is 4.77. The maximum Gasteiger partial charge on any atom is 0.242 e. The van der Waals surface area contributed by atoms with E-state index in [-0.39, 0.29) is 11.9 Å². The van der Waals surface area contributed by atoms with Gasteiger partial charge in [-0.3, -0.25) is 9.69 Å². The maximum atomic E-state index is 12.1. The number of ether oxygens (including phenoxy) is 1. The predicted octanol–water partition coefficient (Wildman–Crippen LogP) is 0.184. The van der Waals surface area contributed by atoms with Crippen LogP contribution in [0, 0.1) is 5.92 Å². The minimum Gasteiger partial charge on any atom is -0.378 e. The van der Waals surface area contributed by atoms with Crippen molar-refractivity contribution >= 4 is 5.91 Å². The van der Waals surface area contributed by atoms with E-state index in [1.165, 1.54) is 0 Å². The summed E-state index contributed by atoms with van der Waals surface area (Å²) in [6.45, 7) is 7.48. The van der Waals surface area contributed by atoms with Gasteiger partial charge in [0, 0.05) is 26.2 Å². The number of hydrogen-bond acceptors (Lipinski definition) is 3. The van der Waals surface area contributed by atoms with Crippen LogP contribution in [0.2, 0.25) is 0 Å². The third kappa shape index (κ3) is 1.88. The lowest BCUT2D eigenvalue weighted by Crippen LogP contribution is -2.54. The van der Waals surface area contributed by atoms with E-state index in [1.54, 1.807) is 0 Å². The van der Waals surface area contributed by atoms with E-state index < -0.39 is 0 Å². The standard InChI is InChI=1S/C11H20N2O2/c1-8-6-12(3)11(14)10-7-15-5-4-13(10)9(8)2/h8-10H,4-7H2,1-3H3/t8-,9-,10?/m1/s1. The molecule has 86 valence electrons. The molecule has 15 heavy (non-hydrogen) atoms. The van der Waals surface area contributed by atoms with Gasteiger partial charge in [0.15, 0.2) is 0 Å². The third-order valence-corrected chi connectivity index (χ3v) is 3.74. The van der Waals surface area contributed by atoms with Crippen LogP contribution in [0.1, 0.15) is 13.8 Å². The molecule has 2 aliphatic heterocycles. The number of fused-ring (bicyclic) bond motifs is 1. The summed E-state index contributed by atoms with van der Waals surface area (Å²) in [7, 11) is 1.89. The van der Waals surface area contributed by atoms with Crippen molar-refractivity contribution in [2.24, 2.45) is 5.92 Å². The fourth-order valence-corrected chi connectivity index (χ4v) is 2.57. The van der Waals surface area contributed by atoms with Crippen LogP contribution in [0.15, 0.2) is 0 Å². The van der Waals surface area contributed by atoms with E-state index in [9.17, 15) is 4.79 Å². The van der Waals surface area contributed by atoms with Crippen LogP contribution in [-0.4, -0.2) is 61.1 Å². The van der Waals surface area contributed by atoms with Crippen molar-refractivity contribution in [3.8, 4) is 0 Å². The molecular weight excluding hydrogens is 192 g/mol. The third-order valence-electron chi connectivity index (χ3n) is 3.74. The molecule has 0 aromatic rings. The van der Waals surface area contributed by atoms with Crippen molar-refractivity contribution in [1.82, 2.24) is 9.80 Å². The summed E-state index contributed by atoms with van der Waals surface area (Å²) < 4.78 is 5.41. The smallest absolute Gasteiger partial charge is 0.242 e. The highest BCUT2D eigenvalue weighted by Crippen LogP contribution is 2.22. The maximum absolute atomic E-state index is 12.1. The summed E-state index contributed by atoms with van der Waals surface area (Å²) in [5, 5.41) is 0. The second kappa shape index (κ2) is 4.10. The lowest BCUT2D eigenvalue weighted by atomic mass is 10.0. The van der Waals surface area contributed by atoms with E-state index in [2.05, 4.69) is 18.7 Å². The van der Waals surface area contributed by atoms with Crippen LogP contribution in [0.3, 0.4) is 0 Å². The van der Waals surface area contributed by atoms with Crippen molar-refractivity contribution in [2.75, 3.05) is 33.4 Å². The molecule has 0 aromatic heterocycles. The number of hydrogen-bond donors (Lipinski definition) is 0. The summed E-state index contributed by atoms with van der Waals surface area (Å²) in [5.74, 6) is 0.743. The molecule has 0 saturated carbocycles. The largest absolute Gasteiger partial charge is 0.378 e. The molecule has 4 nitrogen and oxygen atoms in total. The van der Waals surface area contributed by atoms with Crippen LogP contribution >= 0.6 is 0 Å². The first-order chi connectivity index (χ1) is 7.11. The summed E-state index contributed by atoms with van der Waals surface area (Å²) in [5.41, 5.74) is 0. The highest BCUT2D eigenvalue weighted by atomic mass is 16.5. The SMILES string of the molecule is C[C@@H]1CN(C)C(=O)C2COCCN2[C@@H]1C. The molecular formula is C11H20N2O2.